The van der Waals surface area contributed by atoms with Crippen LogP contribution in [0.3, 0.4) is 0 Å². The summed E-state index contributed by atoms with van der Waals surface area (Å²) in [6, 6.07) is -0.778. The Kier molecular flexibility index (Phi) is 2.84. The highest BCUT2D eigenvalue weighted by Gasteiger charge is 2.23. The molecule has 1 rings (SSSR count). The van der Waals surface area contributed by atoms with Gasteiger partial charge in [-0.3, -0.25) is 4.79 Å². The Morgan fingerprint density at radius 3 is 2.92 bits per heavy atom. The van der Waals surface area contributed by atoms with Crippen LogP contribution in [0.2, 0.25) is 0 Å². The smallest absolute Gasteiger partial charge is 0.326 e. The van der Waals surface area contributed by atoms with Crippen LogP contribution < -0.4 is 0 Å². The number of aliphatic carboxylic acids is 1. The molecule has 0 aromatic rings. The van der Waals surface area contributed by atoms with Crippen LogP contribution in [0.15, 0.2) is 24.3 Å². The van der Waals surface area contributed by atoms with Gasteiger partial charge >= 0.3 is 5.97 Å². The van der Waals surface area contributed by atoms with E-state index in [9.17, 15) is 9.59 Å². The molecule has 1 aliphatic heterocycles. The molecule has 0 radical (unpaired) electrons. The lowest BCUT2D eigenvalue weighted by molar-refractivity contribution is -0.147. The van der Waals surface area contributed by atoms with Crippen molar-refractivity contribution in [3.8, 4) is 0 Å². The molecule has 0 aromatic heterocycles. The molecule has 4 nitrogen and oxygen atoms in total. The van der Waals surface area contributed by atoms with Gasteiger partial charge in [-0.1, -0.05) is 18.2 Å². The number of carbonyl (C=O) groups is 2. The summed E-state index contributed by atoms with van der Waals surface area (Å²) in [6.45, 7) is 1.84. The second kappa shape index (κ2) is 3.89. The summed E-state index contributed by atoms with van der Waals surface area (Å²) < 4.78 is 0. The molecule has 1 unspecified atom stereocenters. The van der Waals surface area contributed by atoms with Crippen molar-refractivity contribution in [1.29, 1.82) is 0 Å². The van der Waals surface area contributed by atoms with Crippen LogP contribution in [0.5, 0.6) is 0 Å². The van der Waals surface area contributed by atoms with Crippen molar-refractivity contribution < 1.29 is 14.7 Å². The Bertz CT molecular complexity index is 281. The van der Waals surface area contributed by atoms with Crippen molar-refractivity contribution in [1.82, 2.24) is 4.90 Å². The zero-order valence-electron chi connectivity index (χ0n) is 7.30. The van der Waals surface area contributed by atoms with Gasteiger partial charge in [0.1, 0.15) is 6.04 Å². The molecule has 1 N–H and O–H groups in total. The Labute approximate surface area is 76.2 Å². The number of amides is 1. The molecule has 1 heterocycles. The minimum absolute atomic E-state index is 0.264. The maximum atomic E-state index is 11.3. The van der Waals surface area contributed by atoms with Crippen molar-refractivity contribution in [2.24, 2.45) is 0 Å². The Morgan fingerprint density at radius 1 is 1.62 bits per heavy atom. The van der Waals surface area contributed by atoms with E-state index in [1.54, 1.807) is 18.2 Å². The zero-order valence-corrected chi connectivity index (χ0v) is 7.30. The first-order chi connectivity index (χ1) is 6.13. The monoisotopic (exact) mass is 181 g/mol. The largest absolute Gasteiger partial charge is 0.480 e. The van der Waals surface area contributed by atoms with E-state index in [0.29, 0.717) is 6.54 Å². The van der Waals surface area contributed by atoms with Gasteiger partial charge in [0.05, 0.1) is 0 Å². The van der Waals surface area contributed by atoms with Gasteiger partial charge in [-0.2, -0.15) is 0 Å². The molecule has 0 aliphatic carbocycles. The van der Waals surface area contributed by atoms with Crippen LogP contribution in [0.1, 0.15) is 6.92 Å². The number of rotatable bonds is 2. The molecule has 0 saturated heterocycles. The van der Waals surface area contributed by atoms with E-state index >= 15 is 0 Å². The summed E-state index contributed by atoms with van der Waals surface area (Å²) in [5.41, 5.74) is 0. The SMILES string of the molecule is CC(C(=O)O)N1CC=CC=CC1=O. The van der Waals surface area contributed by atoms with Crippen molar-refractivity contribution in [3.05, 3.63) is 24.3 Å². The molecule has 4 heteroatoms. The van der Waals surface area contributed by atoms with Crippen molar-refractivity contribution in [2.45, 2.75) is 13.0 Å². The average molecular weight is 181 g/mol. The first-order valence-corrected chi connectivity index (χ1v) is 3.99. The molecule has 0 aromatic carbocycles. The number of nitrogens with zero attached hydrogens (tertiary/aromatic N) is 1. The van der Waals surface area contributed by atoms with E-state index in [1.807, 2.05) is 0 Å². The highest BCUT2D eigenvalue weighted by atomic mass is 16.4. The van der Waals surface area contributed by atoms with Gasteiger partial charge in [0, 0.05) is 12.6 Å². The highest BCUT2D eigenvalue weighted by molar-refractivity contribution is 5.91. The molecule has 0 spiro atoms. The fourth-order valence-electron chi connectivity index (χ4n) is 1.06. The quantitative estimate of drug-likeness (QED) is 0.671. The maximum Gasteiger partial charge on any atom is 0.326 e. The van der Waals surface area contributed by atoms with Crippen molar-refractivity contribution in [2.75, 3.05) is 6.54 Å². The molecular weight excluding hydrogens is 170 g/mol. The van der Waals surface area contributed by atoms with Gasteiger partial charge in [-0.05, 0) is 6.92 Å². The fraction of sp³-hybridized carbons (Fsp3) is 0.333. The zero-order chi connectivity index (χ0) is 9.84. The molecule has 13 heavy (non-hydrogen) atoms. The van der Waals surface area contributed by atoms with Crippen LogP contribution in [0.25, 0.3) is 0 Å². The molecule has 1 amide bonds. The van der Waals surface area contributed by atoms with Crippen LogP contribution in [0, 0.1) is 0 Å². The lowest BCUT2D eigenvalue weighted by atomic mass is 10.3. The normalized spacial score (nSPS) is 18.5. The summed E-state index contributed by atoms with van der Waals surface area (Å²) in [7, 11) is 0. The van der Waals surface area contributed by atoms with Gasteiger partial charge < -0.3 is 10.0 Å². The Morgan fingerprint density at radius 2 is 2.31 bits per heavy atom. The number of hydrogen-bond donors (Lipinski definition) is 1. The van der Waals surface area contributed by atoms with Crippen molar-refractivity contribution in [3.63, 3.8) is 0 Å². The predicted molar refractivity (Wildman–Crippen MR) is 47.1 cm³/mol. The average Bonchev–Trinajstić information content (AvgIpc) is 2.28. The number of carboxylic acid groups (broad SMARTS) is 1. The second-order valence-electron chi connectivity index (χ2n) is 2.79. The Balaban J connectivity index is 2.78. The summed E-state index contributed by atoms with van der Waals surface area (Å²) in [4.78, 5) is 23.2. The summed E-state index contributed by atoms with van der Waals surface area (Å²) in [5, 5.41) is 8.70. The number of carboxylic acids is 1. The van der Waals surface area contributed by atoms with E-state index in [2.05, 4.69) is 0 Å². The van der Waals surface area contributed by atoms with Gasteiger partial charge in [-0.25, -0.2) is 4.79 Å². The van der Waals surface area contributed by atoms with Gasteiger partial charge in [-0.15, -0.1) is 0 Å². The number of allylic oxidation sites excluding steroid dienone is 2. The molecule has 0 saturated carbocycles. The highest BCUT2D eigenvalue weighted by Crippen LogP contribution is 2.04. The van der Waals surface area contributed by atoms with E-state index in [0.717, 1.165) is 0 Å². The third-order valence-electron chi connectivity index (χ3n) is 1.90. The lowest BCUT2D eigenvalue weighted by Crippen LogP contribution is -2.42. The summed E-state index contributed by atoms with van der Waals surface area (Å²) in [5.74, 6) is -1.25. The maximum absolute atomic E-state index is 11.3. The lowest BCUT2D eigenvalue weighted by Gasteiger charge is -2.22. The molecule has 0 bridgehead atoms. The van der Waals surface area contributed by atoms with E-state index in [4.69, 9.17) is 5.11 Å². The van der Waals surface area contributed by atoms with Crippen LogP contribution in [-0.4, -0.2) is 34.5 Å². The second-order valence-corrected chi connectivity index (χ2v) is 2.79. The third kappa shape index (κ3) is 2.18. The first-order valence-electron chi connectivity index (χ1n) is 3.99. The number of carbonyl (C=O) groups excluding carboxylic acids is 1. The van der Waals surface area contributed by atoms with E-state index in [-0.39, 0.29) is 5.91 Å². The summed E-state index contributed by atoms with van der Waals surface area (Å²) >= 11 is 0. The topological polar surface area (TPSA) is 57.6 Å². The van der Waals surface area contributed by atoms with Gasteiger partial charge in [0.25, 0.3) is 0 Å². The van der Waals surface area contributed by atoms with Gasteiger partial charge in [0.15, 0.2) is 0 Å². The third-order valence-corrected chi connectivity index (χ3v) is 1.90. The molecule has 1 atom stereocenters. The standard InChI is InChI=1S/C9H11NO3/c1-7(9(12)13)10-6-4-2-3-5-8(10)11/h2-5,7H,6H2,1H3,(H,12,13). The fourth-order valence-corrected chi connectivity index (χ4v) is 1.06. The molecule has 0 fully saturated rings. The minimum atomic E-state index is -0.989. The molecule has 1 aliphatic rings. The van der Waals surface area contributed by atoms with E-state index < -0.39 is 12.0 Å². The minimum Gasteiger partial charge on any atom is -0.480 e. The van der Waals surface area contributed by atoms with Crippen molar-refractivity contribution >= 4 is 11.9 Å². The summed E-state index contributed by atoms with van der Waals surface area (Å²) in [6.07, 6.45) is 6.45. The van der Waals surface area contributed by atoms with Crippen LogP contribution in [-0.2, 0) is 9.59 Å². The van der Waals surface area contributed by atoms with E-state index in [1.165, 1.54) is 17.9 Å². The first kappa shape index (κ1) is 9.51. The van der Waals surface area contributed by atoms with Gasteiger partial charge in [0.2, 0.25) is 5.91 Å². The van der Waals surface area contributed by atoms with Crippen LogP contribution in [0.4, 0.5) is 0 Å². The predicted octanol–water partition coefficient (Wildman–Crippen LogP) is 0.414. The molecule has 70 valence electrons. The Hall–Kier alpha value is -1.58. The number of hydrogen-bond acceptors (Lipinski definition) is 2. The molecular formula is C9H11NO3. The van der Waals surface area contributed by atoms with Crippen LogP contribution >= 0.6 is 0 Å².